The maximum absolute atomic E-state index is 11.2. The minimum atomic E-state index is -0.939. The zero-order valence-electron chi connectivity index (χ0n) is 13.4. The van der Waals surface area contributed by atoms with Crippen molar-refractivity contribution in [2.24, 2.45) is 10.9 Å². The van der Waals surface area contributed by atoms with Crippen LogP contribution in [0.4, 0.5) is 0 Å². The summed E-state index contributed by atoms with van der Waals surface area (Å²) in [4.78, 5) is 15.3. The number of carbonyl (C=O) groups is 1. The molecule has 0 saturated carbocycles. The summed E-state index contributed by atoms with van der Waals surface area (Å²) in [7, 11) is 0. The van der Waals surface area contributed by atoms with Crippen LogP contribution < -0.4 is 0 Å². The van der Waals surface area contributed by atoms with Gasteiger partial charge in [0.1, 0.15) is 11.8 Å². The number of phenolic OH excluding ortho intramolecular Hbond substituents is 1. The van der Waals surface area contributed by atoms with Crippen molar-refractivity contribution < 1.29 is 15.0 Å². The van der Waals surface area contributed by atoms with Gasteiger partial charge in [-0.2, -0.15) is 0 Å². The number of hydrogen-bond donors (Lipinski definition) is 2. The molecule has 4 nitrogen and oxygen atoms in total. The van der Waals surface area contributed by atoms with E-state index in [1.807, 2.05) is 46.8 Å². The van der Waals surface area contributed by atoms with Gasteiger partial charge < -0.3 is 10.2 Å². The van der Waals surface area contributed by atoms with E-state index in [1.165, 1.54) is 6.21 Å². The van der Waals surface area contributed by atoms with Crippen LogP contribution in [0.15, 0.2) is 23.2 Å². The number of phenols is 1. The molecule has 0 aromatic heterocycles. The predicted octanol–water partition coefficient (Wildman–Crippen LogP) is 3.61. The molecule has 0 aliphatic rings. The third kappa shape index (κ3) is 4.88. The Morgan fingerprint density at radius 2 is 1.95 bits per heavy atom. The van der Waals surface area contributed by atoms with E-state index in [1.54, 1.807) is 6.07 Å². The molecule has 0 aliphatic carbocycles. The second-order valence-corrected chi connectivity index (χ2v) is 6.76. The fourth-order valence-electron chi connectivity index (χ4n) is 2.11. The van der Waals surface area contributed by atoms with Crippen LogP contribution in [-0.4, -0.2) is 28.4 Å². The van der Waals surface area contributed by atoms with Crippen molar-refractivity contribution in [3.8, 4) is 5.75 Å². The standard InChI is InChI=1S/C17H25NO3/c1-11(2)9-14(16(20)21)18-10-12-7-6-8-13(15(12)19)17(3,4)5/h6-8,10-11,14,19H,9H2,1-5H3,(H,20,21)/t14-/m0/s1. The number of aliphatic imine (C=N–C) groups is 1. The summed E-state index contributed by atoms with van der Waals surface area (Å²) in [6, 6.07) is 4.68. The van der Waals surface area contributed by atoms with Gasteiger partial charge in [-0.3, -0.25) is 4.99 Å². The summed E-state index contributed by atoms with van der Waals surface area (Å²) < 4.78 is 0. The van der Waals surface area contributed by atoms with E-state index in [2.05, 4.69) is 4.99 Å². The van der Waals surface area contributed by atoms with Gasteiger partial charge in [0, 0.05) is 11.8 Å². The average molecular weight is 291 g/mol. The Kier molecular flexibility index (Phi) is 5.53. The van der Waals surface area contributed by atoms with Crippen molar-refractivity contribution in [1.29, 1.82) is 0 Å². The number of rotatable bonds is 5. The zero-order chi connectivity index (χ0) is 16.2. The van der Waals surface area contributed by atoms with Gasteiger partial charge in [0.2, 0.25) is 0 Å². The molecule has 1 atom stereocenters. The quantitative estimate of drug-likeness (QED) is 0.814. The lowest BCUT2D eigenvalue weighted by atomic mass is 9.85. The highest BCUT2D eigenvalue weighted by Crippen LogP contribution is 2.32. The largest absolute Gasteiger partial charge is 0.507 e. The van der Waals surface area contributed by atoms with Crippen molar-refractivity contribution in [3.05, 3.63) is 29.3 Å². The van der Waals surface area contributed by atoms with Crippen molar-refractivity contribution in [3.63, 3.8) is 0 Å². The Labute approximate surface area is 126 Å². The van der Waals surface area contributed by atoms with E-state index in [9.17, 15) is 15.0 Å². The Bertz CT molecular complexity index is 527. The Balaban J connectivity index is 3.07. The van der Waals surface area contributed by atoms with Crippen molar-refractivity contribution in [1.82, 2.24) is 0 Å². The number of carboxylic acid groups (broad SMARTS) is 1. The Hall–Kier alpha value is -1.84. The van der Waals surface area contributed by atoms with Crippen molar-refractivity contribution in [2.45, 2.75) is 52.5 Å². The summed E-state index contributed by atoms with van der Waals surface area (Å²) in [6.07, 6.45) is 1.94. The van der Waals surface area contributed by atoms with Gasteiger partial charge in [0.25, 0.3) is 0 Å². The predicted molar refractivity (Wildman–Crippen MR) is 85.3 cm³/mol. The number of aliphatic carboxylic acids is 1. The van der Waals surface area contributed by atoms with Crippen LogP contribution in [0.25, 0.3) is 0 Å². The molecular weight excluding hydrogens is 266 g/mol. The van der Waals surface area contributed by atoms with Crippen LogP contribution in [-0.2, 0) is 10.2 Å². The lowest BCUT2D eigenvalue weighted by Crippen LogP contribution is -2.20. The molecule has 0 unspecified atom stereocenters. The van der Waals surface area contributed by atoms with Gasteiger partial charge in [-0.05, 0) is 29.4 Å². The first-order valence-corrected chi connectivity index (χ1v) is 7.21. The van der Waals surface area contributed by atoms with E-state index in [0.29, 0.717) is 12.0 Å². The average Bonchev–Trinajstić information content (AvgIpc) is 2.33. The molecule has 1 aromatic carbocycles. The molecule has 2 N–H and O–H groups in total. The number of hydrogen-bond acceptors (Lipinski definition) is 3. The molecule has 1 aromatic rings. The van der Waals surface area contributed by atoms with Gasteiger partial charge in [0.05, 0.1) is 0 Å². The highest BCUT2D eigenvalue weighted by Gasteiger charge is 2.20. The smallest absolute Gasteiger partial charge is 0.328 e. The number of aromatic hydroxyl groups is 1. The normalized spacial score (nSPS) is 13.8. The monoisotopic (exact) mass is 291 g/mol. The molecule has 0 heterocycles. The van der Waals surface area contributed by atoms with E-state index in [0.717, 1.165) is 5.56 Å². The molecule has 0 amide bonds. The molecule has 0 fully saturated rings. The second kappa shape index (κ2) is 6.74. The molecule has 4 heteroatoms. The Morgan fingerprint density at radius 3 is 2.43 bits per heavy atom. The van der Waals surface area contributed by atoms with Crippen molar-refractivity contribution >= 4 is 12.2 Å². The van der Waals surface area contributed by atoms with Gasteiger partial charge in [-0.1, -0.05) is 46.8 Å². The molecule has 0 radical (unpaired) electrons. The minimum Gasteiger partial charge on any atom is -0.507 e. The van der Waals surface area contributed by atoms with E-state index in [-0.39, 0.29) is 17.1 Å². The number of benzene rings is 1. The summed E-state index contributed by atoms with van der Waals surface area (Å²) in [5, 5.41) is 19.5. The van der Waals surface area contributed by atoms with Gasteiger partial charge in [0.15, 0.2) is 0 Å². The maximum atomic E-state index is 11.2. The Morgan fingerprint density at radius 1 is 1.33 bits per heavy atom. The first kappa shape index (κ1) is 17.2. The fraction of sp³-hybridized carbons (Fsp3) is 0.529. The fourth-order valence-corrected chi connectivity index (χ4v) is 2.11. The van der Waals surface area contributed by atoms with Crippen LogP contribution >= 0.6 is 0 Å². The highest BCUT2D eigenvalue weighted by molar-refractivity contribution is 5.86. The molecule has 0 bridgehead atoms. The summed E-state index contributed by atoms with van der Waals surface area (Å²) in [5.41, 5.74) is 1.19. The summed E-state index contributed by atoms with van der Waals surface area (Å²) in [6.45, 7) is 9.97. The molecular formula is C17H25NO3. The van der Waals surface area contributed by atoms with Crippen molar-refractivity contribution in [2.75, 3.05) is 0 Å². The minimum absolute atomic E-state index is 0.169. The summed E-state index contributed by atoms with van der Waals surface area (Å²) in [5.74, 6) is -0.522. The van der Waals surface area contributed by atoms with E-state index >= 15 is 0 Å². The zero-order valence-corrected chi connectivity index (χ0v) is 13.4. The van der Waals surface area contributed by atoms with E-state index in [4.69, 9.17) is 0 Å². The molecule has 116 valence electrons. The van der Waals surface area contributed by atoms with Gasteiger partial charge in [-0.25, -0.2) is 4.79 Å². The lowest BCUT2D eigenvalue weighted by Gasteiger charge is -2.21. The topological polar surface area (TPSA) is 69.9 Å². The van der Waals surface area contributed by atoms with Gasteiger partial charge >= 0.3 is 5.97 Å². The number of para-hydroxylation sites is 1. The SMILES string of the molecule is CC(C)C[C@H](N=Cc1cccc(C(C)(C)C)c1O)C(=O)O. The molecule has 0 spiro atoms. The van der Waals surface area contributed by atoms with E-state index < -0.39 is 12.0 Å². The molecule has 0 aliphatic heterocycles. The summed E-state index contributed by atoms with van der Waals surface area (Å²) >= 11 is 0. The van der Waals surface area contributed by atoms with Crippen LogP contribution in [0.2, 0.25) is 0 Å². The van der Waals surface area contributed by atoms with Crippen LogP contribution in [0.5, 0.6) is 5.75 Å². The maximum Gasteiger partial charge on any atom is 0.328 e. The number of nitrogens with zero attached hydrogens (tertiary/aromatic N) is 1. The van der Waals surface area contributed by atoms with Crippen LogP contribution in [0.3, 0.4) is 0 Å². The second-order valence-electron chi connectivity index (χ2n) is 6.76. The third-order valence-corrected chi connectivity index (χ3v) is 3.25. The third-order valence-electron chi connectivity index (χ3n) is 3.25. The highest BCUT2D eigenvalue weighted by atomic mass is 16.4. The molecule has 0 saturated heterocycles. The first-order valence-electron chi connectivity index (χ1n) is 7.21. The lowest BCUT2D eigenvalue weighted by molar-refractivity contribution is -0.138. The van der Waals surface area contributed by atoms with Crippen LogP contribution in [0.1, 0.15) is 52.2 Å². The van der Waals surface area contributed by atoms with Crippen LogP contribution in [0, 0.1) is 5.92 Å². The molecule has 1 rings (SSSR count). The number of carboxylic acids is 1. The first-order chi connectivity index (χ1) is 9.62. The van der Waals surface area contributed by atoms with Gasteiger partial charge in [-0.15, -0.1) is 0 Å². The molecule has 21 heavy (non-hydrogen) atoms.